The predicted octanol–water partition coefficient (Wildman–Crippen LogP) is 0.178. The Labute approximate surface area is 76.9 Å². The van der Waals surface area contributed by atoms with Crippen LogP contribution >= 0.6 is 0 Å². The molecule has 0 aromatic rings. The molecule has 0 spiro atoms. The van der Waals surface area contributed by atoms with E-state index in [0.717, 1.165) is 13.8 Å². The van der Waals surface area contributed by atoms with E-state index in [0.29, 0.717) is 0 Å². The second-order valence-corrected chi connectivity index (χ2v) is 5.70. The Morgan fingerprint density at radius 2 is 2.00 bits per heavy atom. The van der Waals surface area contributed by atoms with Crippen LogP contribution in [0.3, 0.4) is 0 Å². The molecule has 0 aliphatic rings. The van der Waals surface area contributed by atoms with Crippen LogP contribution in [0.25, 0.3) is 0 Å². The van der Waals surface area contributed by atoms with Crippen LogP contribution < -0.4 is 0 Å². The number of rotatable bonds is 4. The number of sulfone groups is 1. The molecule has 0 saturated heterocycles. The molecule has 0 heterocycles. The van der Waals surface area contributed by atoms with Gasteiger partial charge in [-0.1, -0.05) is 0 Å². The van der Waals surface area contributed by atoms with E-state index in [9.17, 15) is 13.2 Å². The van der Waals surface area contributed by atoms with Gasteiger partial charge in [0.25, 0.3) is 0 Å². The van der Waals surface area contributed by atoms with Gasteiger partial charge in [-0.05, 0) is 13.8 Å². The number of hydrogen-bond donors (Lipinski definition) is 1. The van der Waals surface area contributed by atoms with Crippen molar-refractivity contribution in [3.8, 4) is 6.07 Å². The lowest BCUT2D eigenvalue weighted by atomic mass is 10.2. The van der Waals surface area contributed by atoms with Crippen LogP contribution in [-0.4, -0.2) is 30.0 Å². The molecule has 0 aliphatic heterocycles. The molecule has 0 aromatic heterocycles. The molecule has 0 radical (unpaired) electrons. The van der Waals surface area contributed by atoms with Gasteiger partial charge in [-0.25, -0.2) is 8.42 Å². The fourth-order valence-corrected chi connectivity index (χ4v) is 1.70. The van der Waals surface area contributed by atoms with Gasteiger partial charge in [0, 0.05) is 6.42 Å². The fourth-order valence-electron chi connectivity index (χ4n) is 0.568. The van der Waals surface area contributed by atoms with Crippen LogP contribution in [0, 0.1) is 11.3 Å². The zero-order chi connectivity index (χ0) is 10.7. The largest absolute Gasteiger partial charge is 0.480 e. The lowest BCUT2D eigenvalue weighted by Gasteiger charge is -2.18. The van der Waals surface area contributed by atoms with Crippen molar-refractivity contribution in [1.29, 1.82) is 5.26 Å². The lowest BCUT2D eigenvalue weighted by molar-refractivity contribution is -0.139. The Hall–Kier alpha value is -1.09. The molecule has 0 rings (SSSR count). The Bertz CT molecular complexity index is 336. The Kier molecular flexibility index (Phi) is 3.43. The SMILES string of the molecule is CC(C)(C(=O)O)S(=O)(=O)CCC#N. The number of nitriles is 1. The normalized spacial score (nSPS) is 12.1. The predicted molar refractivity (Wildman–Crippen MR) is 45.7 cm³/mol. The first-order valence-electron chi connectivity index (χ1n) is 3.58. The van der Waals surface area contributed by atoms with Crippen LogP contribution in [0.4, 0.5) is 0 Å². The summed E-state index contributed by atoms with van der Waals surface area (Å²) in [6.07, 6.45) is -0.182. The van der Waals surface area contributed by atoms with Crippen molar-refractivity contribution in [2.45, 2.75) is 25.0 Å². The van der Waals surface area contributed by atoms with Crippen molar-refractivity contribution in [3.05, 3.63) is 0 Å². The molecule has 0 aliphatic carbocycles. The van der Waals surface area contributed by atoms with Gasteiger partial charge in [0.2, 0.25) is 0 Å². The molecule has 74 valence electrons. The second kappa shape index (κ2) is 3.75. The van der Waals surface area contributed by atoms with E-state index in [4.69, 9.17) is 10.4 Å². The maximum Gasteiger partial charge on any atom is 0.324 e. The molecular weight excluding hydrogens is 194 g/mol. The minimum atomic E-state index is -3.74. The summed E-state index contributed by atoms with van der Waals surface area (Å²) in [6, 6.07) is 1.66. The minimum Gasteiger partial charge on any atom is -0.480 e. The molecule has 5 nitrogen and oxygen atoms in total. The van der Waals surface area contributed by atoms with Gasteiger partial charge >= 0.3 is 5.97 Å². The van der Waals surface area contributed by atoms with Gasteiger partial charge in [-0.2, -0.15) is 5.26 Å². The maximum absolute atomic E-state index is 11.3. The highest BCUT2D eigenvalue weighted by Gasteiger charge is 2.41. The number of carboxylic acids is 1. The number of nitrogens with zero attached hydrogens (tertiary/aromatic N) is 1. The summed E-state index contributed by atoms with van der Waals surface area (Å²) in [4.78, 5) is 10.6. The van der Waals surface area contributed by atoms with Crippen LogP contribution in [0.1, 0.15) is 20.3 Å². The third kappa shape index (κ3) is 2.42. The highest BCUT2D eigenvalue weighted by molar-refractivity contribution is 7.93. The quantitative estimate of drug-likeness (QED) is 0.706. The van der Waals surface area contributed by atoms with Crippen LogP contribution in [0.5, 0.6) is 0 Å². The van der Waals surface area contributed by atoms with Crippen LogP contribution in [-0.2, 0) is 14.6 Å². The van der Waals surface area contributed by atoms with E-state index in [2.05, 4.69) is 0 Å². The van der Waals surface area contributed by atoms with E-state index < -0.39 is 26.3 Å². The summed E-state index contributed by atoms with van der Waals surface area (Å²) in [5.41, 5.74) is 0. The Morgan fingerprint density at radius 3 is 2.31 bits per heavy atom. The summed E-state index contributed by atoms with van der Waals surface area (Å²) >= 11 is 0. The molecule has 0 amide bonds. The van der Waals surface area contributed by atoms with E-state index in [1.165, 1.54) is 0 Å². The molecule has 0 atom stereocenters. The molecule has 0 bridgehead atoms. The van der Waals surface area contributed by atoms with E-state index in [-0.39, 0.29) is 6.42 Å². The number of aliphatic carboxylic acids is 1. The van der Waals surface area contributed by atoms with Gasteiger partial charge in [-0.3, -0.25) is 4.79 Å². The van der Waals surface area contributed by atoms with Crippen molar-refractivity contribution in [1.82, 2.24) is 0 Å². The first-order valence-corrected chi connectivity index (χ1v) is 5.23. The van der Waals surface area contributed by atoms with Crippen molar-refractivity contribution in [2.24, 2.45) is 0 Å². The van der Waals surface area contributed by atoms with Crippen LogP contribution in [0.2, 0.25) is 0 Å². The second-order valence-electron chi connectivity index (χ2n) is 3.04. The highest BCUT2D eigenvalue weighted by Crippen LogP contribution is 2.18. The molecule has 13 heavy (non-hydrogen) atoms. The van der Waals surface area contributed by atoms with Gasteiger partial charge in [0.05, 0.1) is 11.8 Å². The summed E-state index contributed by atoms with van der Waals surface area (Å²) in [7, 11) is -3.74. The molecule has 0 unspecified atom stereocenters. The van der Waals surface area contributed by atoms with E-state index in [1.807, 2.05) is 0 Å². The van der Waals surface area contributed by atoms with Crippen LogP contribution in [0.15, 0.2) is 0 Å². The fraction of sp³-hybridized carbons (Fsp3) is 0.714. The standard InChI is InChI=1S/C7H11NO4S/c1-7(2,6(9)10)13(11,12)5-3-4-8/h3,5H2,1-2H3,(H,9,10). The molecule has 0 fully saturated rings. The van der Waals surface area contributed by atoms with Crippen molar-refractivity contribution < 1.29 is 18.3 Å². The maximum atomic E-state index is 11.3. The molecule has 6 heteroatoms. The average molecular weight is 205 g/mol. The lowest BCUT2D eigenvalue weighted by Crippen LogP contribution is -2.41. The summed E-state index contributed by atoms with van der Waals surface area (Å²) in [6.45, 7) is 2.23. The number of carbonyl (C=O) groups is 1. The minimum absolute atomic E-state index is 0.182. The van der Waals surface area contributed by atoms with E-state index in [1.54, 1.807) is 6.07 Å². The topological polar surface area (TPSA) is 95.2 Å². The van der Waals surface area contributed by atoms with Gasteiger partial charge in [0.1, 0.15) is 0 Å². The van der Waals surface area contributed by atoms with Crippen molar-refractivity contribution in [3.63, 3.8) is 0 Å². The zero-order valence-corrected chi connectivity index (χ0v) is 8.26. The van der Waals surface area contributed by atoms with Gasteiger partial charge < -0.3 is 5.11 Å². The van der Waals surface area contributed by atoms with Crippen molar-refractivity contribution in [2.75, 3.05) is 5.75 Å². The Balaban J connectivity index is 4.86. The van der Waals surface area contributed by atoms with E-state index >= 15 is 0 Å². The smallest absolute Gasteiger partial charge is 0.324 e. The van der Waals surface area contributed by atoms with Gasteiger partial charge in [-0.15, -0.1) is 0 Å². The molecule has 0 aromatic carbocycles. The number of hydrogen-bond acceptors (Lipinski definition) is 4. The highest BCUT2D eigenvalue weighted by atomic mass is 32.2. The van der Waals surface area contributed by atoms with Crippen molar-refractivity contribution >= 4 is 15.8 Å². The third-order valence-corrected chi connectivity index (χ3v) is 4.25. The van der Waals surface area contributed by atoms with Gasteiger partial charge in [0.15, 0.2) is 14.6 Å². The molecular formula is C7H11NO4S. The monoisotopic (exact) mass is 205 g/mol. The number of carboxylic acid groups (broad SMARTS) is 1. The first kappa shape index (κ1) is 11.9. The first-order chi connectivity index (χ1) is 5.75. The summed E-state index contributed by atoms with van der Waals surface area (Å²) in [5.74, 6) is -1.81. The average Bonchev–Trinajstić information content (AvgIpc) is 2.00. The zero-order valence-electron chi connectivity index (χ0n) is 7.44. The molecule has 1 N–H and O–H groups in total. The molecule has 0 saturated carbocycles. The summed E-state index contributed by atoms with van der Waals surface area (Å²) in [5, 5.41) is 16.8. The Morgan fingerprint density at radius 1 is 1.54 bits per heavy atom. The third-order valence-electron chi connectivity index (χ3n) is 1.78. The summed E-state index contributed by atoms with van der Waals surface area (Å²) < 4.78 is 20.8.